The number of hydrazone groups is 1. The first-order valence-electron chi connectivity index (χ1n) is 20.5. The molecule has 2 fully saturated rings. The van der Waals surface area contributed by atoms with Crippen LogP contribution in [0.1, 0.15) is 89.5 Å². The summed E-state index contributed by atoms with van der Waals surface area (Å²) in [6.45, 7) is 2.40. The number of thiazole rings is 1. The number of rotatable bonds is 18. The van der Waals surface area contributed by atoms with E-state index in [2.05, 4.69) is 15.5 Å². The fourth-order valence-corrected chi connectivity index (χ4v) is 8.13. The van der Waals surface area contributed by atoms with Crippen LogP contribution < -0.4 is 24.4 Å². The molecule has 1 aromatic heterocycles. The van der Waals surface area contributed by atoms with Gasteiger partial charge in [-0.3, -0.25) is 29.4 Å². The number of fused-ring (bicyclic) bond motifs is 1. The number of para-hydroxylation sites is 1. The number of nitrogens with one attached hydrogen (secondary N) is 1. The van der Waals surface area contributed by atoms with Gasteiger partial charge < -0.3 is 28.4 Å². The highest BCUT2D eigenvalue weighted by atomic mass is 32.1. The van der Waals surface area contributed by atoms with Crippen molar-refractivity contribution in [3.8, 4) is 23.0 Å². The van der Waals surface area contributed by atoms with Crippen molar-refractivity contribution in [3.05, 3.63) is 72.3 Å². The molecule has 60 heavy (non-hydrogen) atoms. The molecule has 0 unspecified atom stereocenters. The van der Waals surface area contributed by atoms with E-state index >= 15 is 0 Å². The number of benzene rings is 3. The minimum Gasteiger partial charge on any atom is -0.494 e. The highest BCUT2D eigenvalue weighted by Crippen LogP contribution is 2.34. The Labute approximate surface area is 352 Å². The number of unbranched alkanes of at least 4 members (excludes halogenated alkanes) is 3. The second kappa shape index (κ2) is 22.0. The third-order valence-corrected chi connectivity index (χ3v) is 11.7. The van der Waals surface area contributed by atoms with Crippen molar-refractivity contribution in [1.29, 1.82) is 0 Å². The average molecular weight is 842 g/mol. The van der Waals surface area contributed by atoms with Crippen LogP contribution in [-0.4, -0.2) is 61.4 Å². The van der Waals surface area contributed by atoms with Gasteiger partial charge in [0.05, 0.1) is 60.4 Å². The lowest BCUT2D eigenvalue weighted by atomic mass is 9.82. The molecule has 1 N–H and O–H groups in total. The molecular weight excluding hydrogens is 791 g/mol. The Morgan fingerprint density at radius 2 is 1.23 bits per heavy atom. The molecule has 3 aromatic carbocycles. The molecule has 0 atom stereocenters. The maximum absolute atomic E-state index is 13.4. The molecule has 0 amide bonds. The Bertz CT molecular complexity index is 2090. The number of anilines is 1. The molecule has 15 heteroatoms. The molecule has 2 saturated carbocycles. The summed E-state index contributed by atoms with van der Waals surface area (Å²) in [6, 6.07) is 19.4. The summed E-state index contributed by atoms with van der Waals surface area (Å²) in [7, 11) is 1.37. The van der Waals surface area contributed by atoms with Gasteiger partial charge in [0.25, 0.3) is 0 Å². The standard InChI is InChI=1S/C45H51N3O11S/c1-29(49)55-25-7-3-4-8-26-56-35-19-21-36(22-20-35)57-42(51)31-15-17-32(18-16-31)43(52)58-37-23-24-39(59-44(53)33-13-11-30(12-14-33)41(50)54-2)34(27-37)28-46-48-45-47-38-9-5-6-10-40(38)60-45/h5-6,9-10,19-24,27-28,30-33H,3-4,7-8,11-18,25-26H2,1-2H3,(H,47,48)/b46-28+/t30-,31-,32-,33-. The van der Waals surface area contributed by atoms with Crippen LogP contribution >= 0.6 is 11.3 Å². The number of aromatic nitrogens is 1. The largest absolute Gasteiger partial charge is 0.494 e. The Kier molecular flexibility index (Phi) is 16.0. The van der Waals surface area contributed by atoms with Crippen molar-refractivity contribution in [3.63, 3.8) is 0 Å². The van der Waals surface area contributed by atoms with Crippen LogP contribution in [0, 0.1) is 23.7 Å². The summed E-state index contributed by atoms with van der Waals surface area (Å²) in [5, 5.41) is 4.93. The molecule has 0 aliphatic heterocycles. The van der Waals surface area contributed by atoms with Crippen LogP contribution in [0.5, 0.6) is 23.0 Å². The number of methoxy groups -OCH3 is 1. The molecule has 14 nitrogen and oxygen atoms in total. The number of ether oxygens (including phenoxy) is 6. The average Bonchev–Trinajstić information content (AvgIpc) is 3.68. The smallest absolute Gasteiger partial charge is 0.314 e. The molecule has 0 saturated heterocycles. The van der Waals surface area contributed by atoms with E-state index in [1.54, 1.807) is 42.5 Å². The summed E-state index contributed by atoms with van der Waals surface area (Å²) in [5.74, 6) is -1.44. The summed E-state index contributed by atoms with van der Waals surface area (Å²) >= 11 is 1.44. The summed E-state index contributed by atoms with van der Waals surface area (Å²) in [5.41, 5.74) is 4.18. The van der Waals surface area contributed by atoms with Crippen LogP contribution in [0.25, 0.3) is 10.2 Å². The van der Waals surface area contributed by atoms with Crippen molar-refractivity contribution < 1.29 is 52.4 Å². The van der Waals surface area contributed by atoms with Crippen molar-refractivity contribution in [2.24, 2.45) is 28.8 Å². The number of carbonyl (C=O) groups excluding carboxylic acids is 5. The van der Waals surface area contributed by atoms with Gasteiger partial charge in [0, 0.05) is 12.5 Å². The zero-order valence-corrected chi connectivity index (χ0v) is 34.7. The van der Waals surface area contributed by atoms with Crippen molar-refractivity contribution in [2.75, 3.05) is 25.7 Å². The van der Waals surface area contributed by atoms with E-state index in [0.29, 0.717) is 86.8 Å². The van der Waals surface area contributed by atoms with Gasteiger partial charge in [0.1, 0.15) is 23.0 Å². The second-order valence-corrected chi connectivity index (χ2v) is 16.0. The van der Waals surface area contributed by atoms with E-state index in [9.17, 15) is 24.0 Å². The summed E-state index contributed by atoms with van der Waals surface area (Å²) < 4.78 is 34.0. The van der Waals surface area contributed by atoms with Crippen molar-refractivity contribution in [2.45, 2.75) is 84.0 Å². The van der Waals surface area contributed by atoms with Gasteiger partial charge >= 0.3 is 29.8 Å². The Morgan fingerprint density at radius 3 is 1.85 bits per heavy atom. The molecule has 2 aliphatic carbocycles. The topological polar surface area (TPSA) is 178 Å². The Hall–Kier alpha value is -5.83. The van der Waals surface area contributed by atoms with Gasteiger partial charge in [-0.15, -0.1) is 0 Å². The van der Waals surface area contributed by atoms with Crippen molar-refractivity contribution in [1.82, 2.24) is 4.98 Å². The number of hydrogen-bond donors (Lipinski definition) is 1. The molecular formula is C45H51N3O11S. The van der Waals surface area contributed by atoms with Crippen LogP contribution in [0.2, 0.25) is 0 Å². The van der Waals surface area contributed by atoms with Crippen LogP contribution in [0.3, 0.4) is 0 Å². The number of hydrogen-bond acceptors (Lipinski definition) is 15. The fourth-order valence-electron chi connectivity index (χ4n) is 7.32. The highest BCUT2D eigenvalue weighted by Gasteiger charge is 2.33. The van der Waals surface area contributed by atoms with Crippen molar-refractivity contribution >= 4 is 62.7 Å². The lowest BCUT2D eigenvalue weighted by molar-refractivity contribution is -0.149. The third kappa shape index (κ3) is 12.8. The van der Waals surface area contributed by atoms with E-state index in [1.807, 2.05) is 24.3 Å². The summed E-state index contributed by atoms with van der Waals surface area (Å²) in [6.07, 6.45) is 9.08. The summed E-state index contributed by atoms with van der Waals surface area (Å²) in [4.78, 5) is 67.0. The van der Waals surface area contributed by atoms with Gasteiger partial charge in [0.2, 0.25) is 5.13 Å². The molecule has 0 bridgehead atoms. The van der Waals surface area contributed by atoms with Gasteiger partial charge in [-0.2, -0.15) is 5.10 Å². The molecule has 0 radical (unpaired) electrons. The lowest BCUT2D eigenvalue weighted by Gasteiger charge is -2.26. The van der Waals surface area contributed by atoms with Gasteiger partial charge in [-0.25, -0.2) is 4.98 Å². The molecule has 4 aromatic rings. The molecule has 318 valence electrons. The monoisotopic (exact) mass is 841 g/mol. The van der Waals surface area contributed by atoms with Gasteiger partial charge in [0.15, 0.2) is 0 Å². The van der Waals surface area contributed by atoms with E-state index in [4.69, 9.17) is 28.4 Å². The van der Waals surface area contributed by atoms with E-state index in [0.717, 1.165) is 35.9 Å². The second-order valence-electron chi connectivity index (χ2n) is 15.0. The van der Waals surface area contributed by atoms with Crippen LogP contribution in [-0.2, 0) is 33.4 Å². The SMILES string of the molecule is COC(=O)[C@H]1CC[C@H](C(=O)Oc2ccc(OC(=O)[C@H]3CC[C@H](C(=O)Oc4ccc(OCCCCCCOC(C)=O)cc4)CC3)cc2/C=N/Nc2nc3ccccc3s2)CC1. The highest BCUT2D eigenvalue weighted by molar-refractivity contribution is 7.22. The third-order valence-electron chi connectivity index (χ3n) is 10.7. The quantitative estimate of drug-likeness (QED) is 0.0332. The molecule has 6 rings (SSSR count). The van der Waals surface area contributed by atoms with Gasteiger partial charge in [-0.05, 0) is 132 Å². The maximum Gasteiger partial charge on any atom is 0.314 e. The minimum atomic E-state index is -0.415. The molecule has 1 heterocycles. The number of esters is 5. The Morgan fingerprint density at radius 1 is 0.683 bits per heavy atom. The van der Waals surface area contributed by atoms with Gasteiger partial charge in [-0.1, -0.05) is 23.5 Å². The van der Waals surface area contributed by atoms with Crippen LogP contribution in [0.15, 0.2) is 71.8 Å². The minimum absolute atomic E-state index is 0.224. The lowest BCUT2D eigenvalue weighted by Crippen LogP contribution is -2.30. The zero-order valence-electron chi connectivity index (χ0n) is 33.9. The number of nitrogens with zero attached hydrogens (tertiary/aromatic N) is 2. The molecule has 2 aliphatic rings. The van der Waals surface area contributed by atoms with E-state index in [1.165, 1.54) is 31.6 Å². The zero-order chi connectivity index (χ0) is 42.3. The first kappa shape index (κ1) is 43.7. The Balaban J connectivity index is 0.990. The predicted molar refractivity (Wildman–Crippen MR) is 224 cm³/mol. The van der Waals surface area contributed by atoms with Crippen LogP contribution in [0.4, 0.5) is 5.13 Å². The predicted octanol–water partition coefficient (Wildman–Crippen LogP) is 8.45. The molecule has 0 spiro atoms. The maximum atomic E-state index is 13.4. The normalized spacial score (nSPS) is 19.0. The van der Waals surface area contributed by atoms with E-state index < -0.39 is 17.9 Å². The fraction of sp³-hybridized carbons (Fsp3) is 0.444. The van der Waals surface area contributed by atoms with E-state index in [-0.39, 0.29) is 47.2 Å². The first-order valence-corrected chi connectivity index (χ1v) is 21.3. The first-order chi connectivity index (χ1) is 29.1. The number of carbonyl (C=O) groups is 5.